The number of carbonyl (C=O) groups excluding carboxylic acids is 1. The molecule has 1 N–H and O–H groups in total. The normalized spacial score (nSPS) is 11.7. The summed E-state index contributed by atoms with van der Waals surface area (Å²) in [7, 11) is 1.65. The number of hydrogen-bond acceptors (Lipinski definition) is 3. The van der Waals surface area contributed by atoms with Gasteiger partial charge < -0.3 is 14.8 Å². The van der Waals surface area contributed by atoms with Crippen molar-refractivity contribution in [2.75, 3.05) is 13.7 Å². The number of hydrogen-bond donors (Lipinski definition) is 1. The van der Waals surface area contributed by atoms with E-state index < -0.39 is 0 Å². The number of ether oxygens (including phenoxy) is 2. The van der Waals surface area contributed by atoms with Crippen LogP contribution in [0.5, 0.6) is 11.5 Å². The van der Waals surface area contributed by atoms with E-state index in [4.69, 9.17) is 9.47 Å². The summed E-state index contributed by atoms with van der Waals surface area (Å²) in [4.78, 5) is 11.6. The third kappa shape index (κ3) is 4.25. The Balaban J connectivity index is 2.38. The largest absolute Gasteiger partial charge is 0.497 e. The van der Waals surface area contributed by atoms with Crippen LogP contribution in [0.15, 0.2) is 42.5 Å². The molecule has 4 nitrogen and oxygen atoms in total. The molecule has 0 fully saturated rings. The van der Waals surface area contributed by atoms with Gasteiger partial charge in [0.15, 0.2) is 0 Å². The quantitative estimate of drug-likeness (QED) is 0.886. The molecule has 1 atom stereocenters. The summed E-state index contributed by atoms with van der Waals surface area (Å²) in [5.41, 5.74) is 3.12. The van der Waals surface area contributed by atoms with E-state index in [9.17, 15) is 4.79 Å². The molecule has 1 amide bonds. The molecule has 0 aliphatic carbocycles. The molecule has 0 bridgehead atoms. The molecule has 4 heteroatoms. The fraction of sp³-hybridized carbons (Fsp3) is 0.316. The predicted molar refractivity (Wildman–Crippen MR) is 91.0 cm³/mol. The van der Waals surface area contributed by atoms with Gasteiger partial charge in [-0.2, -0.15) is 0 Å². The molecule has 23 heavy (non-hydrogen) atoms. The van der Waals surface area contributed by atoms with Crippen LogP contribution in [0.25, 0.3) is 0 Å². The zero-order valence-electron chi connectivity index (χ0n) is 14.1. The van der Waals surface area contributed by atoms with E-state index in [1.54, 1.807) is 7.11 Å². The number of nitrogens with one attached hydrogen (secondary N) is 1. The Morgan fingerprint density at radius 1 is 1.13 bits per heavy atom. The molecule has 2 aromatic carbocycles. The molecule has 122 valence electrons. The highest BCUT2D eigenvalue weighted by molar-refractivity contribution is 5.74. The van der Waals surface area contributed by atoms with Crippen molar-refractivity contribution < 1.29 is 14.3 Å². The van der Waals surface area contributed by atoms with E-state index in [1.165, 1.54) is 6.92 Å². The van der Waals surface area contributed by atoms with Gasteiger partial charge in [-0.3, -0.25) is 4.79 Å². The van der Waals surface area contributed by atoms with Gasteiger partial charge in [0, 0.05) is 6.92 Å². The van der Waals surface area contributed by atoms with Gasteiger partial charge in [-0.05, 0) is 54.8 Å². The first kappa shape index (κ1) is 16.9. The standard InChI is InChI=1S/C19H23NO3/c1-5-23-16-8-6-15(7-9-16)19(20-14(3)21)18-11-10-17(22-4)12-13(18)2/h6-12,19H,5H2,1-4H3,(H,20,21). The van der Waals surface area contributed by atoms with Crippen LogP contribution in [-0.2, 0) is 4.79 Å². The Hall–Kier alpha value is -2.49. The third-order valence-electron chi connectivity index (χ3n) is 3.66. The monoisotopic (exact) mass is 313 g/mol. The van der Waals surface area contributed by atoms with Crippen LogP contribution in [0.4, 0.5) is 0 Å². The highest BCUT2D eigenvalue weighted by atomic mass is 16.5. The van der Waals surface area contributed by atoms with Gasteiger partial charge in [-0.15, -0.1) is 0 Å². The van der Waals surface area contributed by atoms with Crippen molar-refractivity contribution in [2.24, 2.45) is 0 Å². The Bertz CT molecular complexity index is 665. The summed E-state index contributed by atoms with van der Waals surface area (Å²) in [6.07, 6.45) is 0. The summed E-state index contributed by atoms with van der Waals surface area (Å²) in [5, 5.41) is 3.02. The highest BCUT2D eigenvalue weighted by Crippen LogP contribution is 2.28. The summed E-state index contributed by atoms with van der Waals surface area (Å²) in [6.45, 7) is 6.13. The van der Waals surface area contributed by atoms with Crippen molar-refractivity contribution in [3.8, 4) is 11.5 Å². The van der Waals surface area contributed by atoms with Gasteiger partial charge in [0.2, 0.25) is 5.91 Å². The van der Waals surface area contributed by atoms with Crippen LogP contribution < -0.4 is 14.8 Å². The zero-order valence-corrected chi connectivity index (χ0v) is 14.1. The fourth-order valence-electron chi connectivity index (χ4n) is 2.57. The van der Waals surface area contributed by atoms with Crippen molar-refractivity contribution in [2.45, 2.75) is 26.8 Å². The molecule has 0 heterocycles. The molecule has 0 saturated heterocycles. The molecule has 0 saturated carbocycles. The van der Waals surface area contributed by atoms with E-state index >= 15 is 0 Å². The lowest BCUT2D eigenvalue weighted by Crippen LogP contribution is -2.27. The molecule has 0 aromatic heterocycles. The summed E-state index contributed by atoms with van der Waals surface area (Å²) in [5.74, 6) is 1.56. The second kappa shape index (κ2) is 7.68. The van der Waals surface area contributed by atoms with Crippen LogP contribution in [0.2, 0.25) is 0 Å². The minimum absolute atomic E-state index is 0.0703. The van der Waals surface area contributed by atoms with Gasteiger partial charge in [0.1, 0.15) is 11.5 Å². The molecule has 0 spiro atoms. The SMILES string of the molecule is CCOc1ccc(C(NC(C)=O)c2ccc(OC)cc2C)cc1. The van der Waals surface area contributed by atoms with Crippen LogP contribution in [0, 0.1) is 6.92 Å². The Morgan fingerprint density at radius 3 is 2.30 bits per heavy atom. The Labute approximate surface area is 137 Å². The maximum absolute atomic E-state index is 11.6. The minimum atomic E-state index is -0.200. The van der Waals surface area contributed by atoms with Crippen molar-refractivity contribution in [1.82, 2.24) is 5.32 Å². The maximum atomic E-state index is 11.6. The summed E-state index contributed by atoms with van der Waals surface area (Å²) >= 11 is 0. The molecule has 0 radical (unpaired) electrons. The number of benzene rings is 2. The topological polar surface area (TPSA) is 47.6 Å². The molecular formula is C19H23NO3. The van der Waals surface area contributed by atoms with E-state index in [0.717, 1.165) is 28.2 Å². The van der Waals surface area contributed by atoms with Crippen LogP contribution >= 0.6 is 0 Å². The van der Waals surface area contributed by atoms with Gasteiger partial charge in [-0.25, -0.2) is 0 Å². The van der Waals surface area contributed by atoms with Crippen molar-refractivity contribution in [3.05, 3.63) is 59.2 Å². The zero-order chi connectivity index (χ0) is 16.8. The molecule has 2 aromatic rings. The highest BCUT2D eigenvalue weighted by Gasteiger charge is 2.17. The second-order valence-corrected chi connectivity index (χ2v) is 5.36. The van der Waals surface area contributed by atoms with Crippen LogP contribution in [-0.4, -0.2) is 19.6 Å². The lowest BCUT2D eigenvalue weighted by Gasteiger charge is -2.21. The smallest absolute Gasteiger partial charge is 0.217 e. The second-order valence-electron chi connectivity index (χ2n) is 5.36. The minimum Gasteiger partial charge on any atom is -0.497 e. The maximum Gasteiger partial charge on any atom is 0.217 e. The van der Waals surface area contributed by atoms with Gasteiger partial charge in [-0.1, -0.05) is 18.2 Å². The summed E-state index contributed by atoms with van der Waals surface area (Å²) in [6, 6.07) is 13.5. The van der Waals surface area contributed by atoms with Crippen molar-refractivity contribution >= 4 is 5.91 Å². The van der Waals surface area contributed by atoms with E-state index in [2.05, 4.69) is 5.32 Å². The molecule has 1 unspecified atom stereocenters. The van der Waals surface area contributed by atoms with Gasteiger partial charge in [0.05, 0.1) is 19.8 Å². The van der Waals surface area contributed by atoms with E-state index in [-0.39, 0.29) is 11.9 Å². The molecule has 0 aliphatic heterocycles. The first-order valence-corrected chi connectivity index (χ1v) is 7.69. The van der Waals surface area contributed by atoms with Crippen LogP contribution in [0.1, 0.15) is 36.6 Å². The summed E-state index contributed by atoms with van der Waals surface area (Å²) < 4.78 is 10.7. The number of methoxy groups -OCH3 is 1. The first-order valence-electron chi connectivity index (χ1n) is 7.69. The Morgan fingerprint density at radius 2 is 1.78 bits per heavy atom. The lowest BCUT2D eigenvalue weighted by molar-refractivity contribution is -0.119. The van der Waals surface area contributed by atoms with E-state index in [1.807, 2.05) is 56.3 Å². The predicted octanol–water partition coefficient (Wildman–Crippen LogP) is 3.63. The average molecular weight is 313 g/mol. The molecule has 0 aliphatic rings. The average Bonchev–Trinajstić information content (AvgIpc) is 2.54. The molecular weight excluding hydrogens is 290 g/mol. The van der Waals surface area contributed by atoms with E-state index in [0.29, 0.717) is 6.61 Å². The number of aryl methyl sites for hydroxylation is 1. The fourth-order valence-corrected chi connectivity index (χ4v) is 2.57. The Kier molecular flexibility index (Phi) is 5.63. The molecule has 2 rings (SSSR count). The number of amides is 1. The number of carbonyl (C=O) groups is 1. The van der Waals surface area contributed by atoms with Crippen LogP contribution in [0.3, 0.4) is 0 Å². The third-order valence-corrected chi connectivity index (χ3v) is 3.66. The van der Waals surface area contributed by atoms with Crippen molar-refractivity contribution in [1.29, 1.82) is 0 Å². The lowest BCUT2D eigenvalue weighted by atomic mass is 9.94. The number of rotatable bonds is 6. The van der Waals surface area contributed by atoms with Gasteiger partial charge in [0.25, 0.3) is 0 Å². The van der Waals surface area contributed by atoms with Gasteiger partial charge >= 0.3 is 0 Å². The van der Waals surface area contributed by atoms with Crippen molar-refractivity contribution in [3.63, 3.8) is 0 Å². The first-order chi connectivity index (χ1) is 11.0.